The van der Waals surface area contributed by atoms with Crippen molar-refractivity contribution in [1.29, 1.82) is 0 Å². The zero-order valence-corrected chi connectivity index (χ0v) is 33.6. The second-order valence-electron chi connectivity index (χ2n) is 15.5. The first-order valence-electron chi connectivity index (χ1n) is 20.3. The van der Waals surface area contributed by atoms with E-state index < -0.39 is 35.4 Å². The van der Waals surface area contributed by atoms with Crippen molar-refractivity contribution in [1.82, 2.24) is 26.6 Å². The lowest BCUT2D eigenvalue weighted by atomic mass is 9.78. The number of carbonyl (C=O) groups is 7. The van der Waals surface area contributed by atoms with E-state index in [1.165, 1.54) is 7.11 Å². The molecule has 1 spiro atoms. The molecule has 6 N–H and O–H groups in total. The number of anilines is 1. The number of hydrogen-bond donors (Lipinski definition) is 6. The highest BCUT2D eigenvalue weighted by atomic mass is 16.5. The molecule has 1 saturated carbocycles. The molecule has 6 amide bonds. The van der Waals surface area contributed by atoms with Crippen molar-refractivity contribution in [3.63, 3.8) is 0 Å². The number of amides is 6. The number of carbonyl (C=O) groups excluding carboxylic acids is 7. The van der Waals surface area contributed by atoms with Crippen LogP contribution in [0.5, 0.6) is 0 Å². The normalized spacial score (nSPS) is 21.1. The number of hydrogen-bond acceptors (Lipinski definition) is 8. The fourth-order valence-electron chi connectivity index (χ4n) is 7.57. The number of esters is 1. The van der Waals surface area contributed by atoms with Crippen LogP contribution in [0.25, 0.3) is 0 Å². The van der Waals surface area contributed by atoms with E-state index in [-0.39, 0.29) is 74.1 Å². The van der Waals surface area contributed by atoms with E-state index >= 15 is 0 Å². The summed E-state index contributed by atoms with van der Waals surface area (Å²) in [6.07, 6.45) is 6.26. The summed E-state index contributed by atoms with van der Waals surface area (Å²) < 4.78 is 4.94. The monoisotopic (exact) mass is 788 g/mol. The van der Waals surface area contributed by atoms with Crippen molar-refractivity contribution in [2.24, 2.45) is 11.3 Å². The third kappa shape index (κ3) is 14.6. The Morgan fingerprint density at radius 1 is 0.807 bits per heavy atom. The van der Waals surface area contributed by atoms with Gasteiger partial charge in [0.2, 0.25) is 35.4 Å². The van der Waals surface area contributed by atoms with E-state index in [2.05, 4.69) is 31.9 Å². The second kappa shape index (κ2) is 22.5. The molecule has 2 aromatic carbocycles. The van der Waals surface area contributed by atoms with E-state index in [1.54, 1.807) is 24.3 Å². The minimum absolute atomic E-state index is 0.0392. The molecule has 1 saturated heterocycles. The first kappa shape index (κ1) is 44.4. The number of benzene rings is 2. The highest BCUT2D eigenvalue weighted by Crippen LogP contribution is 2.44. The minimum atomic E-state index is -0.956. The van der Waals surface area contributed by atoms with Crippen LogP contribution in [0, 0.1) is 11.3 Å². The second-order valence-corrected chi connectivity index (χ2v) is 15.5. The number of ether oxygens (including phenoxy) is 1. The predicted octanol–water partition coefficient (Wildman–Crippen LogP) is 3.62. The molecule has 2 aromatic rings. The van der Waals surface area contributed by atoms with Crippen LogP contribution < -0.4 is 31.9 Å². The summed E-state index contributed by atoms with van der Waals surface area (Å²) in [5.41, 5.74) is 1.46. The molecule has 0 unspecified atom stereocenters. The number of methoxy groups -OCH3 is 1. The first-order valence-corrected chi connectivity index (χ1v) is 20.3. The maximum atomic E-state index is 13.7. The molecule has 1 aliphatic heterocycles. The van der Waals surface area contributed by atoms with Crippen LogP contribution in [0.1, 0.15) is 102 Å². The maximum Gasteiger partial charge on any atom is 0.328 e. The zero-order valence-electron chi connectivity index (χ0n) is 33.6. The van der Waals surface area contributed by atoms with Gasteiger partial charge in [0, 0.05) is 44.5 Å². The topological polar surface area (TPSA) is 201 Å². The van der Waals surface area contributed by atoms with E-state index in [9.17, 15) is 33.6 Å². The summed E-state index contributed by atoms with van der Waals surface area (Å²) in [6.45, 7) is 4.51. The molecule has 0 aromatic heterocycles. The summed E-state index contributed by atoms with van der Waals surface area (Å²) in [5, 5.41) is 17.3. The van der Waals surface area contributed by atoms with Crippen LogP contribution >= 0.6 is 0 Å². The van der Waals surface area contributed by atoms with Gasteiger partial charge in [-0.15, -0.1) is 0 Å². The van der Waals surface area contributed by atoms with E-state index in [0.717, 1.165) is 24.0 Å². The van der Waals surface area contributed by atoms with Crippen molar-refractivity contribution < 1.29 is 38.3 Å². The Balaban J connectivity index is 1.45. The van der Waals surface area contributed by atoms with Crippen LogP contribution in [0.3, 0.4) is 0 Å². The zero-order chi connectivity index (χ0) is 41.2. The van der Waals surface area contributed by atoms with Crippen molar-refractivity contribution in [3.8, 4) is 0 Å². The molecule has 14 nitrogen and oxygen atoms in total. The Morgan fingerprint density at radius 2 is 1.47 bits per heavy atom. The van der Waals surface area contributed by atoms with Crippen LogP contribution in [0.15, 0.2) is 54.6 Å². The average molecular weight is 789 g/mol. The smallest absolute Gasteiger partial charge is 0.328 e. The van der Waals surface area contributed by atoms with Gasteiger partial charge >= 0.3 is 5.97 Å². The molecule has 2 fully saturated rings. The Labute approximate surface area is 335 Å². The van der Waals surface area contributed by atoms with E-state index in [1.807, 2.05) is 44.2 Å². The lowest BCUT2D eigenvalue weighted by Gasteiger charge is -2.29. The molecule has 2 aliphatic rings. The fraction of sp³-hybridized carbons (Fsp3) is 0.558. The first-order chi connectivity index (χ1) is 27.4. The Hall–Kier alpha value is -5.27. The molecular formula is C43H60N6O8. The summed E-state index contributed by atoms with van der Waals surface area (Å²) in [7, 11) is 1.27. The SMILES string of the molecule is CC[C@H](C)[C@H](NC(=O)Cc1ccccc1)C(=O)Nc1ccc(C[C@H]2NC(=O)CC3(CCCC3)CC(=O)N[C@H](C(=O)OC)CCCCNC(=O)CCCNC2=O)cc1. The van der Waals surface area contributed by atoms with Crippen molar-refractivity contribution in [2.45, 2.75) is 122 Å². The third-order valence-corrected chi connectivity index (χ3v) is 11.0. The molecule has 4 atom stereocenters. The number of rotatable bonds is 10. The molecule has 1 aliphatic carbocycles. The van der Waals surface area contributed by atoms with Gasteiger partial charge in [0.05, 0.1) is 13.5 Å². The van der Waals surface area contributed by atoms with Gasteiger partial charge in [0.15, 0.2) is 0 Å². The van der Waals surface area contributed by atoms with Gasteiger partial charge in [-0.1, -0.05) is 75.6 Å². The number of nitrogens with one attached hydrogen (secondary N) is 6. The van der Waals surface area contributed by atoms with E-state index in [0.29, 0.717) is 57.2 Å². The predicted molar refractivity (Wildman–Crippen MR) is 215 cm³/mol. The molecule has 57 heavy (non-hydrogen) atoms. The van der Waals surface area contributed by atoms with Gasteiger partial charge in [0.1, 0.15) is 18.1 Å². The largest absolute Gasteiger partial charge is 0.467 e. The summed E-state index contributed by atoms with van der Waals surface area (Å²) >= 11 is 0. The molecule has 14 heteroatoms. The highest BCUT2D eigenvalue weighted by molar-refractivity contribution is 5.97. The van der Waals surface area contributed by atoms with Crippen molar-refractivity contribution in [3.05, 3.63) is 65.7 Å². The van der Waals surface area contributed by atoms with Crippen LogP contribution in [0.2, 0.25) is 0 Å². The van der Waals surface area contributed by atoms with Gasteiger partial charge in [-0.25, -0.2) is 4.79 Å². The lowest BCUT2D eigenvalue weighted by molar-refractivity contribution is -0.145. The van der Waals surface area contributed by atoms with Crippen LogP contribution in [-0.2, 0) is 51.1 Å². The van der Waals surface area contributed by atoms with Gasteiger partial charge in [-0.2, -0.15) is 0 Å². The molecule has 310 valence electrons. The van der Waals surface area contributed by atoms with E-state index in [4.69, 9.17) is 4.74 Å². The fourth-order valence-corrected chi connectivity index (χ4v) is 7.57. The average Bonchev–Trinajstić information content (AvgIpc) is 3.64. The third-order valence-electron chi connectivity index (χ3n) is 11.0. The summed E-state index contributed by atoms with van der Waals surface area (Å²) in [5.74, 6) is -2.54. The summed E-state index contributed by atoms with van der Waals surface area (Å²) in [4.78, 5) is 91.8. The molecule has 4 rings (SSSR count). The van der Waals surface area contributed by atoms with Crippen LogP contribution in [-0.4, -0.2) is 79.7 Å². The maximum absolute atomic E-state index is 13.7. The lowest BCUT2D eigenvalue weighted by Crippen LogP contribution is -2.49. The Morgan fingerprint density at radius 3 is 2.14 bits per heavy atom. The van der Waals surface area contributed by atoms with Gasteiger partial charge in [-0.3, -0.25) is 28.8 Å². The quantitative estimate of drug-likeness (QED) is 0.196. The molecule has 1 heterocycles. The Kier molecular flexibility index (Phi) is 17.5. The minimum Gasteiger partial charge on any atom is -0.467 e. The highest BCUT2D eigenvalue weighted by Gasteiger charge is 2.39. The van der Waals surface area contributed by atoms with Gasteiger partial charge < -0.3 is 36.6 Å². The van der Waals surface area contributed by atoms with Crippen molar-refractivity contribution in [2.75, 3.05) is 25.5 Å². The standard InChI is InChI=1S/C43H60N6O8/c1-4-29(2)39(49-36(51)26-30-13-6-5-7-14-30)41(55)46-32-19-17-31(18-20-32)25-34-40(54)45-24-12-16-35(50)44-23-11-8-15-33(42(56)57-3)47-37(52)27-43(21-9-10-22-43)28-38(53)48-34/h5-7,13-14,17-20,29,33-34,39H,4,8-12,15-16,21-28H2,1-3H3,(H,44,50)(H,45,54)(H,46,55)(H,47,52)(H,48,53)(H,49,51)/t29-,33-,34+,39-/m0/s1. The van der Waals surface area contributed by atoms with Crippen molar-refractivity contribution >= 4 is 47.1 Å². The Bertz CT molecular complexity index is 1680. The van der Waals surface area contributed by atoms with Gasteiger partial charge in [-0.05, 0) is 73.1 Å². The summed E-state index contributed by atoms with van der Waals surface area (Å²) in [6, 6.07) is 13.7. The molecular weight excluding hydrogens is 729 g/mol. The van der Waals surface area contributed by atoms with Crippen LogP contribution in [0.4, 0.5) is 5.69 Å². The molecule has 0 bridgehead atoms. The molecule has 0 radical (unpaired) electrons. The van der Waals surface area contributed by atoms with Gasteiger partial charge in [0.25, 0.3) is 0 Å².